The number of hydrogen-bond donors (Lipinski definition) is 0. The predicted octanol–water partition coefficient (Wildman–Crippen LogP) is 6.84. The lowest BCUT2D eigenvalue weighted by Gasteiger charge is -2.16. The van der Waals surface area contributed by atoms with Crippen molar-refractivity contribution in [2.24, 2.45) is 0 Å². The van der Waals surface area contributed by atoms with Crippen molar-refractivity contribution in [1.29, 1.82) is 0 Å². The largest absolute Gasteiger partial charge is 0.465 e. The summed E-state index contributed by atoms with van der Waals surface area (Å²) < 4.78 is 7.82. The average Bonchev–Trinajstić information content (AvgIpc) is 3.06. The van der Waals surface area contributed by atoms with E-state index in [0.29, 0.717) is 12.2 Å². The van der Waals surface area contributed by atoms with E-state index in [4.69, 9.17) is 4.74 Å². The van der Waals surface area contributed by atoms with E-state index in [0.717, 1.165) is 62.0 Å². The lowest BCUT2D eigenvalue weighted by molar-refractivity contribution is -0.146. The predicted molar refractivity (Wildman–Crippen MR) is 129 cm³/mol. The Morgan fingerprint density at radius 3 is 2.41 bits per heavy atom. The minimum absolute atomic E-state index is 0.0470. The maximum Gasteiger partial charge on any atom is 0.314 e. The van der Waals surface area contributed by atoms with E-state index < -0.39 is 0 Å². The van der Waals surface area contributed by atoms with Gasteiger partial charge in [-0.15, -0.1) is 0 Å². The molecule has 0 saturated carbocycles. The zero-order valence-electron chi connectivity index (χ0n) is 19.9. The summed E-state index contributed by atoms with van der Waals surface area (Å²) in [5.74, 6) is -0.353. The number of carbonyl (C=O) groups excluding carboxylic acids is 2. The normalized spacial score (nSPS) is 15.8. The monoisotopic (exact) mass is 437 g/mol. The molecule has 0 radical (unpaired) electrons. The number of unbranched alkanes of at least 4 members (excludes halogenated alkanes) is 6. The summed E-state index contributed by atoms with van der Waals surface area (Å²) in [4.78, 5) is 26.4. The molecule has 1 aromatic heterocycles. The first-order chi connectivity index (χ1) is 15.7. The van der Waals surface area contributed by atoms with Gasteiger partial charge >= 0.3 is 5.97 Å². The van der Waals surface area contributed by atoms with Gasteiger partial charge in [0, 0.05) is 17.8 Å². The molecule has 1 aromatic carbocycles. The molecule has 0 fully saturated rings. The molecule has 1 atom stereocenters. The summed E-state index contributed by atoms with van der Waals surface area (Å²) in [5.41, 5.74) is 3.44. The van der Waals surface area contributed by atoms with E-state index in [1.165, 1.54) is 32.1 Å². The highest BCUT2D eigenvalue weighted by molar-refractivity contribution is 6.09. The van der Waals surface area contributed by atoms with Gasteiger partial charge in [0.25, 0.3) is 0 Å². The molecule has 2 aromatic rings. The number of carbonyl (C=O) groups is 2. The van der Waals surface area contributed by atoms with Crippen LogP contribution in [0.4, 0.5) is 0 Å². The molecule has 2 heterocycles. The van der Waals surface area contributed by atoms with Gasteiger partial charge in [0.15, 0.2) is 0 Å². The van der Waals surface area contributed by atoms with Crippen LogP contribution < -0.4 is 0 Å². The Hall–Kier alpha value is -2.36. The lowest BCUT2D eigenvalue weighted by atomic mass is 9.98. The molecule has 0 N–H and O–H groups in total. The number of hydrogen-bond acceptors (Lipinski definition) is 3. The molecule has 32 heavy (non-hydrogen) atoms. The molecule has 0 spiro atoms. The Bertz CT molecular complexity index is 868. The quantitative estimate of drug-likeness (QED) is 0.207. The van der Waals surface area contributed by atoms with Crippen LogP contribution in [0.5, 0.6) is 0 Å². The van der Waals surface area contributed by atoms with Crippen molar-refractivity contribution in [3.05, 3.63) is 58.9 Å². The second-order valence-electron chi connectivity index (χ2n) is 8.98. The highest BCUT2D eigenvalue weighted by Crippen LogP contribution is 2.33. The Labute approximate surface area is 193 Å². The van der Waals surface area contributed by atoms with Crippen LogP contribution in [0.3, 0.4) is 0 Å². The first-order valence-electron chi connectivity index (χ1n) is 12.7. The van der Waals surface area contributed by atoms with Crippen LogP contribution in [-0.4, -0.2) is 22.9 Å². The van der Waals surface area contributed by atoms with E-state index >= 15 is 0 Å². The van der Waals surface area contributed by atoms with E-state index in [9.17, 15) is 9.59 Å². The van der Waals surface area contributed by atoms with Crippen LogP contribution in [0, 0.1) is 0 Å². The SMILES string of the molecule is CCCCCCCCCOC(=O)C1CCCCn2c1cc(CC)c2C(=O)c1ccccc1. The van der Waals surface area contributed by atoms with Crippen LogP contribution in [0.1, 0.15) is 111 Å². The molecule has 3 rings (SSSR count). The van der Waals surface area contributed by atoms with Crippen LogP contribution in [-0.2, 0) is 22.5 Å². The number of ether oxygens (including phenoxy) is 1. The van der Waals surface area contributed by atoms with Crippen molar-refractivity contribution in [3.63, 3.8) is 0 Å². The third kappa shape index (κ3) is 6.11. The number of aromatic nitrogens is 1. The summed E-state index contributed by atoms with van der Waals surface area (Å²) in [7, 11) is 0. The number of esters is 1. The molecular formula is C28H39NO3. The summed E-state index contributed by atoms with van der Waals surface area (Å²) in [6.45, 7) is 5.59. The van der Waals surface area contributed by atoms with Gasteiger partial charge in [0.1, 0.15) is 0 Å². The van der Waals surface area contributed by atoms with Crippen molar-refractivity contribution < 1.29 is 14.3 Å². The average molecular weight is 438 g/mol. The number of ketones is 1. The van der Waals surface area contributed by atoms with Crippen LogP contribution in [0.25, 0.3) is 0 Å². The molecule has 0 saturated heterocycles. The molecule has 0 aliphatic carbocycles. The fourth-order valence-corrected chi connectivity index (χ4v) is 4.76. The van der Waals surface area contributed by atoms with E-state index in [1.807, 2.05) is 30.3 Å². The fraction of sp³-hybridized carbons (Fsp3) is 0.571. The highest BCUT2D eigenvalue weighted by atomic mass is 16.5. The van der Waals surface area contributed by atoms with Crippen molar-refractivity contribution in [2.45, 2.75) is 96.9 Å². The van der Waals surface area contributed by atoms with E-state index in [-0.39, 0.29) is 17.7 Å². The van der Waals surface area contributed by atoms with Crippen molar-refractivity contribution in [3.8, 4) is 0 Å². The van der Waals surface area contributed by atoms with Gasteiger partial charge in [-0.05, 0) is 37.3 Å². The fourth-order valence-electron chi connectivity index (χ4n) is 4.76. The molecule has 0 bridgehead atoms. The van der Waals surface area contributed by atoms with E-state index in [2.05, 4.69) is 24.5 Å². The Kier molecular flexibility index (Phi) is 9.58. The van der Waals surface area contributed by atoms with Crippen LogP contribution >= 0.6 is 0 Å². The minimum atomic E-state index is -0.273. The Morgan fingerprint density at radius 1 is 0.969 bits per heavy atom. The summed E-state index contributed by atoms with van der Waals surface area (Å²) >= 11 is 0. The maximum absolute atomic E-state index is 13.3. The first-order valence-corrected chi connectivity index (χ1v) is 12.7. The molecule has 4 nitrogen and oxygen atoms in total. The highest BCUT2D eigenvalue weighted by Gasteiger charge is 2.31. The van der Waals surface area contributed by atoms with Crippen LogP contribution in [0.15, 0.2) is 36.4 Å². The van der Waals surface area contributed by atoms with Crippen molar-refractivity contribution in [1.82, 2.24) is 4.57 Å². The minimum Gasteiger partial charge on any atom is -0.465 e. The summed E-state index contributed by atoms with van der Waals surface area (Å²) in [6.07, 6.45) is 11.9. The Morgan fingerprint density at radius 2 is 1.69 bits per heavy atom. The summed E-state index contributed by atoms with van der Waals surface area (Å²) in [6, 6.07) is 11.5. The second-order valence-corrected chi connectivity index (χ2v) is 8.98. The third-order valence-electron chi connectivity index (χ3n) is 6.60. The topological polar surface area (TPSA) is 48.3 Å². The van der Waals surface area contributed by atoms with Gasteiger partial charge in [-0.3, -0.25) is 9.59 Å². The number of aryl methyl sites for hydroxylation is 1. The van der Waals surface area contributed by atoms with Gasteiger partial charge in [-0.1, -0.05) is 89.1 Å². The molecule has 1 aliphatic rings. The molecule has 4 heteroatoms. The standard InChI is InChI=1S/C28H39NO3/c1-3-5-6-7-8-9-15-20-32-28(31)24-18-13-14-19-29-25(24)21-22(4-2)26(29)27(30)23-16-11-10-12-17-23/h10-12,16-17,21,24H,3-9,13-15,18-20H2,1-2H3. The van der Waals surface area contributed by atoms with Gasteiger partial charge in [-0.25, -0.2) is 0 Å². The molecule has 174 valence electrons. The van der Waals surface area contributed by atoms with Gasteiger partial charge < -0.3 is 9.30 Å². The summed E-state index contributed by atoms with van der Waals surface area (Å²) in [5, 5.41) is 0. The third-order valence-corrected chi connectivity index (χ3v) is 6.60. The molecule has 0 amide bonds. The zero-order valence-corrected chi connectivity index (χ0v) is 19.9. The maximum atomic E-state index is 13.3. The molecule has 1 aliphatic heterocycles. The van der Waals surface area contributed by atoms with Crippen LogP contribution in [0.2, 0.25) is 0 Å². The van der Waals surface area contributed by atoms with Gasteiger partial charge in [0.05, 0.1) is 18.2 Å². The number of fused-ring (bicyclic) bond motifs is 1. The molecular weight excluding hydrogens is 398 g/mol. The number of nitrogens with zero attached hydrogens (tertiary/aromatic N) is 1. The van der Waals surface area contributed by atoms with Crippen molar-refractivity contribution >= 4 is 11.8 Å². The van der Waals surface area contributed by atoms with Crippen molar-refractivity contribution in [2.75, 3.05) is 6.61 Å². The van der Waals surface area contributed by atoms with E-state index in [1.54, 1.807) is 0 Å². The second kappa shape index (κ2) is 12.6. The smallest absolute Gasteiger partial charge is 0.314 e. The lowest BCUT2D eigenvalue weighted by Crippen LogP contribution is -2.20. The first kappa shape index (κ1) is 24.3. The number of benzene rings is 1. The number of rotatable bonds is 12. The molecule has 1 unspecified atom stereocenters. The zero-order chi connectivity index (χ0) is 22.8. The van der Waals surface area contributed by atoms with Gasteiger partial charge in [0.2, 0.25) is 5.78 Å². The van der Waals surface area contributed by atoms with Gasteiger partial charge in [-0.2, -0.15) is 0 Å². The Balaban J connectivity index is 1.68.